The van der Waals surface area contributed by atoms with Crippen LogP contribution in [0.2, 0.25) is 10.0 Å². The number of halogens is 2. The second-order valence-corrected chi connectivity index (χ2v) is 11.6. The number of benzene rings is 1. The molecule has 4 rings (SSSR count). The van der Waals surface area contributed by atoms with Gasteiger partial charge in [-0.3, -0.25) is 0 Å². The number of piperidine rings is 2. The lowest BCUT2D eigenvalue weighted by Gasteiger charge is -2.39. The first kappa shape index (κ1) is 27.8. The second-order valence-electron chi connectivity index (χ2n) is 9.40. The minimum Gasteiger partial charge on any atom is -0.356 e. The van der Waals surface area contributed by atoms with Crippen LogP contribution in [-0.4, -0.2) is 94.9 Å². The third-order valence-corrected chi connectivity index (χ3v) is 8.83. The summed E-state index contributed by atoms with van der Waals surface area (Å²) >= 11 is 12.0. The Morgan fingerprint density at radius 2 is 1.62 bits per heavy atom. The smallest absolute Gasteiger partial charge is 0.101 e. The molecule has 3 fully saturated rings. The summed E-state index contributed by atoms with van der Waals surface area (Å²) in [4.78, 5) is 7.34. The van der Waals surface area contributed by atoms with Gasteiger partial charge in [0.2, 0.25) is 0 Å². The third kappa shape index (κ3) is 8.38. The first-order valence-corrected chi connectivity index (χ1v) is 14.8. The van der Waals surface area contributed by atoms with Crippen LogP contribution in [0, 0.1) is 0 Å². The molecule has 3 saturated heterocycles. The van der Waals surface area contributed by atoms with Crippen LogP contribution in [-0.2, 0) is 11.0 Å². The largest absolute Gasteiger partial charge is 0.356 e. The molecule has 6 nitrogen and oxygen atoms in total. The van der Waals surface area contributed by atoms with Gasteiger partial charge in [0, 0.05) is 57.3 Å². The Morgan fingerprint density at radius 3 is 2.18 bits per heavy atom. The summed E-state index contributed by atoms with van der Waals surface area (Å²) in [5, 5.41) is 4.55. The van der Waals surface area contributed by atoms with Crippen molar-refractivity contribution >= 4 is 39.9 Å². The summed E-state index contributed by atoms with van der Waals surface area (Å²) in [6.07, 6.45) is 10.5. The van der Waals surface area contributed by atoms with E-state index < -0.39 is 11.0 Å². The number of anilines is 1. The van der Waals surface area contributed by atoms with E-state index in [9.17, 15) is 4.21 Å². The topological polar surface area (TPSA) is 42.1 Å². The van der Waals surface area contributed by atoms with E-state index in [0.29, 0.717) is 10.0 Å². The highest BCUT2D eigenvalue weighted by Gasteiger charge is 2.26. The van der Waals surface area contributed by atoms with Crippen molar-refractivity contribution in [2.75, 3.05) is 71.0 Å². The molecule has 1 aromatic rings. The molecule has 1 unspecified atom stereocenters. The Kier molecular flexibility index (Phi) is 11.5. The Labute approximate surface area is 218 Å². The van der Waals surface area contributed by atoms with Crippen molar-refractivity contribution in [3.05, 3.63) is 40.1 Å². The molecule has 0 bridgehead atoms. The van der Waals surface area contributed by atoms with Gasteiger partial charge in [0.05, 0.1) is 21.0 Å². The first-order valence-electron chi connectivity index (χ1n) is 12.5. The molecule has 1 aromatic carbocycles. The van der Waals surface area contributed by atoms with Crippen LogP contribution in [0.5, 0.6) is 0 Å². The van der Waals surface area contributed by atoms with Crippen molar-refractivity contribution in [3.8, 4) is 0 Å². The van der Waals surface area contributed by atoms with Gasteiger partial charge in [-0.15, -0.1) is 0 Å². The van der Waals surface area contributed by atoms with Crippen LogP contribution < -0.4 is 5.32 Å². The van der Waals surface area contributed by atoms with Crippen LogP contribution in [0.1, 0.15) is 39.0 Å². The quantitative estimate of drug-likeness (QED) is 0.596. The van der Waals surface area contributed by atoms with E-state index in [1.165, 1.54) is 45.2 Å². The molecule has 34 heavy (non-hydrogen) atoms. The zero-order valence-corrected chi connectivity index (χ0v) is 23.3. The number of nitrogens with one attached hydrogen (secondary N) is 1. The van der Waals surface area contributed by atoms with Crippen LogP contribution in [0.25, 0.3) is 0 Å². The predicted octanol–water partition coefficient (Wildman–Crippen LogP) is 4.74. The summed E-state index contributed by atoms with van der Waals surface area (Å²) < 4.78 is 13.4. The summed E-state index contributed by atoms with van der Waals surface area (Å²) in [7, 11) is 1.39. The van der Waals surface area contributed by atoms with Gasteiger partial charge >= 0.3 is 0 Å². The molecule has 1 atom stereocenters. The molecule has 0 aliphatic carbocycles. The van der Waals surface area contributed by atoms with E-state index in [2.05, 4.69) is 37.4 Å². The minimum atomic E-state index is -0.757. The minimum absolute atomic E-state index is 0.570. The monoisotopic (exact) mass is 529 g/mol. The lowest BCUT2D eigenvalue weighted by atomic mass is 10.0. The van der Waals surface area contributed by atoms with E-state index >= 15 is 0 Å². The predicted molar refractivity (Wildman–Crippen MR) is 147 cm³/mol. The third-order valence-electron chi connectivity index (χ3n) is 7.00. The summed E-state index contributed by atoms with van der Waals surface area (Å²) in [6, 6.07) is 6.37. The lowest BCUT2D eigenvalue weighted by molar-refractivity contribution is 0.119. The molecule has 3 heterocycles. The zero-order valence-electron chi connectivity index (χ0n) is 20.9. The van der Waals surface area contributed by atoms with Crippen molar-refractivity contribution in [2.24, 2.45) is 0 Å². The van der Waals surface area contributed by atoms with E-state index in [-0.39, 0.29) is 0 Å². The number of likely N-dealkylation sites (tertiary alicyclic amines) is 1. The highest BCUT2D eigenvalue weighted by molar-refractivity contribution is 7.81. The number of allylic oxidation sites excluding steroid dienone is 1. The molecule has 0 aromatic heterocycles. The number of rotatable bonds is 5. The van der Waals surface area contributed by atoms with Crippen LogP contribution in [0.3, 0.4) is 0 Å². The molecule has 0 amide bonds. The van der Waals surface area contributed by atoms with Crippen LogP contribution in [0.4, 0.5) is 5.69 Å². The van der Waals surface area contributed by atoms with Gasteiger partial charge in [0.15, 0.2) is 0 Å². The fraction of sp³-hybridized carbons (Fsp3) is 0.680. The van der Waals surface area contributed by atoms with Gasteiger partial charge in [-0.1, -0.05) is 29.6 Å². The van der Waals surface area contributed by atoms with Gasteiger partial charge in [-0.25, -0.2) is 8.51 Å². The molecule has 0 spiro atoms. The Morgan fingerprint density at radius 1 is 0.971 bits per heavy atom. The summed E-state index contributed by atoms with van der Waals surface area (Å²) in [6.45, 7) is 10.9. The highest BCUT2D eigenvalue weighted by Crippen LogP contribution is 2.26. The number of piperazine rings is 1. The molecule has 3 aliphatic rings. The normalized spacial score (nSPS) is 22.7. The standard InChI is InChI=1S/C14H19Cl2N3.C11H22N2OS/c1-3-14(19-8-6-18(2)7-9-19)17-11-4-5-12(15)13(16)10-11;1-15(14)13-9-5-11(6-10-13)12-7-3-2-4-8-12/h3-5,10,17H,6-9H2,1-2H3;11H,2-10H2,1H3/b14-3+;. The van der Waals surface area contributed by atoms with E-state index in [0.717, 1.165) is 56.8 Å². The SMILES string of the molecule is C/C=C(\Nc1ccc(Cl)c(Cl)c1)N1CCN(C)CC1.CS(=O)N1CCC(N2CCCCC2)CC1. The van der Waals surface area contributed by atoms with Gasteiger partial charge in [0.25, 0.3) is 0 Å². The second kappa shape index (κ2) is 14.0. The average Bonchev–Trinajstić information content (AvgIpc) is 2.86. The summed E-state index contributed by atoms with van der Waals surface area (Å²) in [5.74, 6) is 1.12. The molecule has 0 radical (unpaired) electrons. The van der Waals surface area contributed by atoms with E-state index in [4.69, 9.17) is 23.2 Å². The van der Waals surface area contributed by atoms with Crippen LogP contribution >= 0.6 is 23.2 Å². The maximum absolute atomic E-state index is 11.3. The number of hydrogen-bond donors (Lipinski definition) is 1. The number of likely N-dealkylation sites (N-methyl/N-ethyl adjacent to an activating group) is 1. The van der Waals surface area contributed by atoms with Crippen molar-refractivity contribution in [1.82, 2.24) is 19.0 Å². The fourth-order valence-corrected chi connectivity index (χ4v) is 5.87. The van der Waals surface area contributed by atoms with Crippen molar-refractivity contribution in [1.29, 1.82) is 0 Å². The maximum Gasteiger partial charge on any atom is 0.101 e. The molecule has 0 saturated carbocycles. The van der Waals surface area contributed by atoms with Gasteiger partial charge in [-0.2, -0.15) is 0 Å². The van der Waals surface area contributed by atoms with Gasteiger partial charge in [0.1, 0.15) is 5.82 Å². The van der Waals surface area contributed by atoms with Crippen molar-refractivity contribution in [3.63, 3.8) is 0 Å². The van der Waals surface area contributed by atoms with Crippen molar-refractivity contribution in [2.45, 2.75) is 45.1 Å². The average molecular weight is 531 g/mol. The summed E-state index contributed by atoms with van der Waals surface area (Å²) in [5.41, 5.74) is 0.960. The highest BCUT2D eigenvalue weighted by atomic mass is 35.5. The lowest BCUT2D eigenvalue weighted by Crippen LogP contribution is -2.46. The van der Waals surface area contributed by atoms with E-state index in [1.807, 2.05) is 25.1 Å². The fourth-order valence-electron chi connectivity index (χ4n) is 4.85. The van der Waals surface area contributed by atoms with E-state index in [1.54, 1.807) is 6.26 Å². The molecular weight excluding hydrogens is 489 g/mol. The molecule has 9 heteroatoms. The van der Waals surface area contributed by atoms with Crippen molar-refractivity contribution < 1.29 is 4.21 Å². The molecule has 1 N–H and O–H groups in total. The molecular formula is C25H41Cl2N5OS. The van der Waals surface area contributed by atoms with Gasteiger partial charge in [-0.05, 0) is 77.0 Å². The number of nitrogens with zero attached hydrogens (tertiary/aromatic N) is 4. The Bertz CT molecular complexity index is 818. The first-order chi connectivity index (χ1) is 16.4. The molecule has 3 aliphatic heterocycles. The zero-order chi connectivity index (χ0) is 24.5. The van der Waals surface area contributed by atoms with Gasteiger partial charge < -0.3 is 20.0 Å². The van der Waals surface area contributed by atoms with Crippen LogP contribution in [0.15, 0.2) is 30.1 Å². The molecule has 192 valence electrons. The Balaban J connectivity index is 0.000000196. The maximum atomic E-state index is 11.3. The number of hydrogen-bond acceptors (Lipinski definition) is 5. The Hall–Kier alpha value is -0.830.